The van der Waals surface area contributed by atoms with E-state index in [-0.39, 0.29) is 11.9 Å². The van der Waals surface area contributed by atoms with Crippen LogP contribution in [0.1, 0.15) is 40.9 Å². The van der Waals surface area contributed by atoms with Gasteiger partial charge in [-0.3, -0.25) is 4.79 Å². The van der Waals surface area contributed by atoms with E-state index >= 15 is 0 Å². The van der Waals surface area contributed by atoms with Gasteiger partial charge >= 0.3 is 0 Å². The van der Waals surface area contributed by atoms with Gasteiger partial charge in [0.05, 0.1) is 17.2 Å². The third kappa shape index (κ3) is 2.38. The number of carbonyl (C=O) groups excluding carboxylic acids is 1. The standard InChI is InChI=1S/C21H19NO2/c1-21(24,15-8-3-2-4-9-15)13-18-17-12-11-14-7-5-6-10-16(14)19(17)20(23)22-18/h2-12,18,24H,13H2,1H3,(H,22,23). The summed E-state index contributed by atoms with van der Waals surface area (Å²) in [7, 11) is 0. The lowest BCUT2D eigenvalue weighted by Gasteiger charge is -2.27. The van der Waals surface area contributed by atoms with Crippen LogP contribution in [0.5, 0.6) is 0 Å². The van der Waals surface area contributed by atoms with Crippen molar-refractivity contribution in [3.05, 3.63) is 83.4 Å². The van der Waals surface area contributed by atoms with Crippen molar-refractivity contribution < 1.29 is 9.90 Å². The molecule has 120 valence electrons. The summed E-state index contributed by atoms with van der Waals surface area (Å²) in [5.74, 6) is -0.0596. The number of benzene rings is 3. The first kappa shape index (κ1) is 14.9. The quantitative estimate of drug-likeness (QED) is 0.769. The van der Waals surface area contributed by atoms with Crippen LogP contribution in [0.25, 0.3) is 10.8 Å². The molecule has 0 aromatic heterocycles. The molecule has 3 aromatic carbocycles. The fourth-order valence-corrected chi connectivity index (χ4v) is 3.61. The molecule has 4 rings (SSSR count). The van der Waals surface area contributed by atoms with Crippen molar-refractivity contribution in [3.8, 4) is 0 Å². The van der Waals surface area contributed by atoms with Crippen LogP contribution in [0.3, 0.4) is 0 Å². The highest BCUT2D eigenvalue weighted by Gasteiger charge is 2.35. The predicted molar refractivity (Wildman–Crippen MR) is 94.8 cm³/mol. The lowest BCUT2D eigenvalue weighted by Crippen LogP contribution is -2.29. The molecule has 24 heavy (non-hydrogen) atoms. The van der Waals surface area contributed by atoms with Gasteiger partial charge in [0.2, 0.25) is 0 Å². The van der Waals surface area contributed by atoms with Gasteiger partial charge in [0.25, 0.3) is 5.91 Å². The van der Waals surface area contributed by atoms with Gasteiger partial charge in [-0.25, -0.2) is 0 Å². The zero-order valence-electron chi connectivity index (χ0n) is 13.5. The third-order valence-electron chi connectivity index (χ3n) is 4.87. The Balaban J connectivity index is 1.73. The number of nitrogens with one attached hydrogen (secondary N) is 1. The second-order valence-corrected chi connectivity index (χ2v) is 6.62. The summed E-state index contributed by atoms with van der Waals surface area (Å²) in [5, 5.41) is 16.0. The first-order valence-electron chi connectivity index (χ1n) is 8.17. The Morgan fingerprint density at radius 2 is 1.71 bits per heavy atom. The molecule has 2 atom stereocenters. The van der Waals surface area contributed by atoms with Gasteiger partial charge in [-0.15, -0.1) is 0 Å². The fraction of sp³-hybridized carbons (Fsp3) is 0.190. The third-order valence-corrected chi connectivity index (χ3v) is 4.87. The second kappa shape index (κ2) is 5.46. The van der Waals surface area contributed by atoms with Gasteiger partial charge < -0.3 is 10.4 Å². The van der Waals surface area contributed by atoms with E-state index in [1.807, 2.05) is 66.7 Å². The van der Waals surface area contributed by atoms with Crippen LogP contribution in [0, 0.1) is 0 Å². The molecule has 0 saturated carbocycles. The maximum Gasteiger partial charge on any atom is 0.252 e. The number of rotatable bonds is 3. The Kier molecular flexibility index (Phi) is 3.39. The summed E-state index contributed by atoms with van der Waals surface area (Å²) in [4.78, 5) is 12.5. The number of aliphatic hydroxyl groups is 1. The molecule has 0 fully saturated rings. The van der Waals surface area contributed by atoms with Crippen molar-refractivity contribution >= 4 is 16.7 Å². The molecule has 0 radical (unpaired) electrons. The Bertz CT molecular complexity index is 916. The van der Waals surface area contributed by atoms with Gasteiger partial charge in [-0.1, -0.05) is 66.7 Å². The van der Waals surface area contributed by atoms with Crippen LogP contribution in [0.4, 0.5) is 0 Å². The highest BCUT2D eigenvalue weighted by Crippen LogP contribution is 2.38. The number of carbonyl (C=O) groups is 1. The predicted octanol–water partition coefficient (Wildman–Crippen LogP) is 3.92. The topological polar surface area (TPSA) is 49.3 Å². The summed E-state index contributed by atoms with van der Waals surface area (Å²) in [6.07, 6.45) is 0.439. The molecular formula is C21H19NO2. The maximum atomic E-state index is 12.5. The molecule has 1 amide bonds. The Morgan fingerprint density at radius 1 is 1.00 bits per heavy atom. The first-order chi connectivity index (χ1) is 11.6. The van der Waals surface area contributed by atoms with Crippen molar-refractivity contribution in [3.63, 3.8) is 0 Å². The van der Waals surface area contributed by atoms with Crippen LogP contribution in [0.2, 0.25) is 0 Å². The lowest BCUT2D eigenvalue weighted by atomic mass is 9.86. The highest BCUT2D eigenvalue weighted by atomic mass is 16.3. The monoisotopic (exact) mass is 317 g/mol. The average Bonchev–Trinajstić information content (AvgIpc) is 2.91. The van der Waals surface area contributed by atoms with E-state index < -0.39 is 5.60 Å². The van der Waals surface area contributed by atoms with Gasteiger partial charge in [-0.05, 0) is 28.8 Å². The molecular weight excluding hydrogens is 298 g/mol. The van der Waals surface area contributed by atoms with Gasteiger partial charge in [0, 0.05) is 6.42 Å². The minimum absolute atomic E-state index is 0.0596. The zero-order chi connectivity index (χ0) is 16.7. The Morgan fingerprint density at radius 3 is 2.50 bits per heavy atom. The zero-order valence-corrected chi connectivity index (χ0v) is 13.5. The Hall–Kier alpha value is -2.65. The van der Waals surface area contributed by atoms with Gasteiger partial charge in [0.15, 0.2) is 0 Å². The number of hydrogen-bond acceptors (Lipinski definition) is 2. The van der Waals surface area contributed by atoms with Crippen LogP contribution in [-0.2, 0) is 5.60 Å². The normalized spacial score (nSPS) is 18.9. The number of fused-ring (bicyclic) bond motifs is 3. The number of amides is 1. The molecule has 1 heterocycles. The smallest absolute Gasteiger partial charge is 0.252 e. The maximum absolute atomic E-state index is 12.5. The minimum atomic E-state index is -1.01. The van der Waals surface area contributed by atoms with Crippen molar-refractivity contribution in [2.75, 3.05) is 0 Å². The van der Waals surface area contributed by atoms with Crippen molar-refractivity contribution in [2.45, 2.75) is 25.0 Å². The molecule has 0 bridgehead atoms. The summed E-state index contributed by atoms with van der Waals surface area (Å²) >= 11 is 0. The summed E-state index contributed by atoms with van der Waals surface area (Å²) in [6.45, 7) is 1.80. The van der Waals surface area contributed by atoms with Crippen molar-refractivity contribution in [2.24, 2.45) is 0 Å². The van der Waals surface area contributed by atoms with E-state index in [9.17, 15) is 9.90 Å². The van der Waals surface area contributed by atoms with E-state index in [0.717, 1.165) is 27.5 Å². The van der Waals surface area contributed by atoms with E-state index in [0.29, 0.717) is 6.42 Å². The number of hydrogen-bond donors (Lipinski definition) is 2. The van der Waals surface area contributed by atoms with Crippen LogP contribution in [-0.4, -0.2) is 11.0 Å². The SMILES string of the molecule is CC(O)(CC1NC(=O)c2c1ccc1ccccc21)c1ccccc1. The van der Waals surface area contributed by atoms with Crippen LogP contribution < -0.4 is 5.32 Å². The van der Waals surface area contributed by atoms with Crippen LogP contribution >= 0.6 is 0 Å². The van der Waals surface area contributed by atoms with Crippen molar-refractivity contribution in [1.82, 2.24) is 5.32 Å². The molecule has 1 aliphatic rings. The highest BCUT2D eigenvalue weighted by molar-refractivity contribution is 6.10. The lowest BCUT2D eigenvalue weighted by molar-refractivity contribution is 0.0371. The second-order valence-electron chi connectivity index (χ2n) is 6.62. The molecule has 0 spiro atoms. The average molecular weight is 317 g/mol. The van der Waals surface area contributed by atoms with Crippen molar-refractivity contribution in [1.29, 1.82) is 0 Å². The van der Waals surface area contributed by atoms with E-state index in [4.69, 9.17) is 0 Å². The Labute approximate surface area is 140 Å². The molecule has 3 aromatic rings. The summed E-state index contributed by atoms with van der Waals surface area (Å²) in [5.41, 5.74) is 1.55. The van der Waals surface area contributed by atoms with Gasteiger partial charge in [-0.2, -0.15) is 0 Å². The first-order valence-corrected chi connectivity index (χ1v) is 8.17. The molecule has 0 saturated heterocycles. The molecule has 3 nitrogen and oxygen atoms in total. The van der Waals surface area contributed by atoms with Gasteiger partial charge in [0.1, 0.15) is 0 Å². The van der Waals surface area contributed by atoms with E-state index in [1.54, 1.807) is 6.92 Å². The van der Waals surface area contributed by atoms with Crippen LogP contribution in [0.15, 0.2) is 66.7 Å². The summed E-state index contributed by atoms with van der Waals surface area (Å²) in [6, 6.07) is 21.3. The molecule has 2 N–H and O–H groups in total. The molecule has 3 heteroatoms. The molecule has 0 aliphatic carbocycles. The molecule has 2 unspecified atom stereocenters. The minimum Gasteiger partial charge on any atom is -0.385 e. The van der Waals surface area contributed by atoms with E-state index in [2.05, 4.69) is 5.32 Å². The van der Waals surface area contributed by atoms with E-state index in [1.165, 1.54) is 0 Å². The fourth-order valence-electron chi connectivity index (χ4n) is 3.61. The summed E-state index contributed by atoms with van der Waals surface area (Å²) < 4.78 is 0. The molecule has 1 aliphatic heterocycles. The largest absolute Gasteiger partial charge is 0.385 e.